The molecule has 0 aromatic heterocycles. The highest BCUT2D eigenvalue weighted by molar-refractivity contribution is 6.30. The molecule has 1 aliphatic rings. The third-order valence-corrected chi connectivity index (χ3v) is 3.40. The standard InChI is InChI=1S/C12H19ClF3NO2/c1-8(13)11(18)17-6-9-4-2-3-5-10(9)19-7-12(14,15)16/h8-10H,2-7H2,1H3,(H,17,18). The number of ether oxygens (including phenoxy) is 1. The average Bonchev–Trinajstić information content (AvgIpc) is 2.33. The maximum Gasteiger partial charge on any atom is 0.411 e. The molecular formula is C12H19ClF3NO2. The molecule has 0 radical (unpaired) electrons. The summed E-state index contributed by atoms with van der Waals surface area (Å²) in [6.07, 6.45) is -1.58. The Kier molecular flexibility index (Phi) is 6.39. The predicted octanol–water partition coefficient (Wildman–Crippen LogP) is 2.87. The summed E-state index contributed by atoms with van der Waals surface area (Å²) in [5.41, 5.74) is 0. The van der Waals surface area contributed by atoms with E-state index in [0.29, 0.717) is 13.0 Å². The maximum atomic E-state index is 12.1. The first-order chi connectivity index (χ1) is 8.79. The molecule has 3 nitrogen and oxygen atoms in total. The number of halogens is 4. The fraction of sp³-hybridized carbons (Fsp3) is 0.917. The molecule has 0 aliphatic heterocycles. The first-order valence-electron chi connectivity index (χ1n) is 6.39. The van der Waals surface area contributed by atoms with E-state index >= 15 is 0 Å². The highest BCUT2D eigenvalue weighted by Crippen LogP contribution is 2.28. The van der Waals surface area contributed by atoms with Crippen molar-refractivity contribution < 1.29 is 22.7 Å². The molecule has 7 heteroatoms. The van der Waals surface area contributed by atoms with Gasteiger partial charge in [0.05, 0.1) is 6.10 Å². The van der Waals surface area contributed by atoms with Gasteiger partial charge in [-0.1, -0.05) is 12.8 Å². The van der Waals surface area contributed by atoms with Crippen LogP contribution >= 0.6 is 11.6 Å². The molecule has 0 aromatic carbocycles. The lowest BCUT2D eigenvalue weighted by atomic mass is 9.86. The molecule has 1 rings (SSSR count). The number of alkyl halides is 4. The summed E-state index contributed by atoms with van der Waals surface area (Å²) in [7, 11) is 0. The second kappa shape index (κ2) is 7.33. The zero-order valence-electron chi connectivity index (χ0n) is 10.8. The molecule has 112 valence electrons. The first-order valence-corrected chi connectivity index (χ1v) is 6.83. The van der Waals surface area contributed by atoms with Gasteiger partial charge >= 0.3 is 6.18 Å². The second-order valence-corrected chi connectivity index (χ2v) is 5.52. The van der Waals surface area contributed by atoms with Crippen molar-refractivity contribution in [2.45, 2.75) is 50.3 Å². The molecule has 1 amide bonds. The van der Waals surface area contributed by atoms with Gasteiger partial charge in [0.25, 0.3) is 0 Å². The van der Waals surface area contributed by atoms with E-state index in [4.69, 9.17) is 16.3 Å². The van der Waals surface area contributed by atoms with Gasteiger partial charge in [-0.05, 0) is 19.8 Å². The highest BCUT2D eigenvalue weighted by Gasteiger charge is 2.33. The Morgan fingerprint density at radius 2 is 2.05 bits per heavy atom. The SMILES string of the molecule is CC(Cl)C(=O)NCC1CCCCC1OCC(F)(F)F. The third-order valence-electron chi connectivity index (χ3n) is 3.20. The molecule has 1 aliphatic carbocycles. The van der Waals surface area contributed by atoms with E-state index in [1.165, 1.54) is 0 Å². The predicted molar refractivity (Wildman–Crippen MR) is 66.1 cm³/mol. The van der Waals surface area contributed by atoms with Crippen molar-refractivity contribution in [2.75, 3.05) is 13.2 Å². The van der Waals surface area contributed by atoms with Crippen LogP contribution in [-0.2, 0) is 9.53 Å². The second-order valence-electron chi connectivity index (χ2n) is 4.87. The molecule has 0 saturated heterocycles. The van der Waals surface area contributed by atoms with Crippen molar-refractivity contribution in [3.8, 4) is 0 Å². The molecule has 0 aromatic rings. The highest BCUT2D eigenvalue weighted by atomic mass is 35.5. The Labute approximate surface area is 115 Å². The van der Waals surface area contributed by atoms with Gasteiger partial charge in [0.1, 0.15) is 12.0 Å². The van der Waals surface area contributed by atoms with E-state index in [1.807, 2.05) is 0 Å². The molecule has 0 heterocycles. The van der Waals surface area contributed by atoms with E-state index < -0.39 is 24.3 Å². The van der Waals surface area contributed by atoms with Crippen LogP contribution in [0.1, 0.15) is 32.6 Å². The number of hydrogen-bond donors (Lipinski definition) is 1. The van der Waals surface area contributed by atoms with Gasteiger partial charge in [0, 0.05) is 12.5 Å². The smallest absolute Gasteiger partial charge is 0.368 e. The molecule has 19 heavy (non-hydrogen) atoms. The van der Waals surface area contributed by atoms with Crippen molar-refractivity contribution in [1.29, 1.82) is 0 Å². The zero-order valence-corrected chi connectivity index (χ0v) is 11.6. The molecule has 0 spiro atoms. The van der Waals surface area contributed by atoms with Gasteiger partial charge in [-0.25, -0.2) is 0 Å². The molecule has 3 atom stereocenters. The monoisotopic (exact) mass is 301 g/mol. The summed E-state index contributed by atoms with van der Waals surface area (Å²) in [6.45, 7) is 0.641. The van der Waals surface area contributed by atoms with Crippen LogP contribution in [0.15, 0.2) is 0 Å². The van der Waals surface area contributed by atoms with Crippen LogP contribution in [0.3, 0.4) is 0 Å². The fourth-order valence-corrected chi connectivity index (χ4v) is 2.28. The Balaban J connectivity index is 2.41. The molecule has 3 unspecified atom stereocenters. The van der Waals surface area contributed by atoms with E-state index in [0.717, 1.165) is 19.3 Å². The molecule has 1 saturated carbocycles. The van der Waals surface area contributed by atoms with Gasteiger partial charge in [0.15, 0.2) is 0 Å². The summed E-state index contributed by atoms with van der Waals surface area (Å²) < 4.78 is 41.4. The summed E-state index contributed by atoms with van der Waals surface area (Å²) >= 11 is 5.61. The van der Waals surface area contributed by atoms with Crippen LogP contribution < -0.4 is 5.32 Å². The van der Waals surface area contributed by atoms with E-state index in [1.54, 1.807) is 6.92 Å². The number of carbonyl (C=O) groups excluding carboxylic acids is 1. The largest absolute Gasteiger partial charge is 0.411 e. The van der Waals surface area contributed by atoms with Crippen molar-refractivity contribution in [1.82, 2.24) is 5.32 Å². The van der Waals surface area contributed by atoms with Crippen LogP contribution in [0, 0.1) is 5.92 Å². The number of amides is 1. The topological polar surface area (TPSA) is 38.3 Å². The summed E-state index contributed by atoms with van der Waals surface area (Å²) in [5.74, 6) is -0.378. The number of nitrogens with one attached hydrogen (secondary N) is 1. The van der Waals surface area contributed by atoms with Crippen molar-refractivity contribution >= 4 is 17.5 Å². The van der Waals surface area contributed by atoms with E-state index in [2.05, 4.69) is 5.32 Å². The quantitative estimate of drug-likeness (QED) is 0.793. The van der Waals surface area contributed by atoms with Crippen LogP contribution in [0.25, 0.3) is 0 Å². The van der Waals surface area contributed by atoms with E-state index in [9.17, 15) is 18.0 Å². The van der Waals surface area contributed by atoms with Gasteiger partial charge in [0.2, 0.25) is 5.91 Å². The number of rotatable bonds is 5. The van der Waals surface area contributed by atoms with Gasteiger partial charge in [-0.2, -0.15) is 13.2 Å². The third kappa shape index (κ3) is 6.47. The Morgan fingerprint density at radius 1 is 1.42 bits per heavy atom. The molecule has 1 fully saturated rings. The van der Waals surface area contributed by atoms with Gasteiger partial charge in [-0.15, -0.1) is 11.6 Å². The number of carbonyl (C=O) groups is 1. The minimum Gasteiger partial charge on any atom is -0.368 e. The first kappa shape index (κ1) is 16.6. The van der Waals surface area contributed by atoms with Gasteiger partial charge in [-0.3, -0.25) is 4.79 Å². The lowest BCUT2D eigenvalue weighted by Gasteiger charge is -2.32. The Bertz CT molecular complexity index is 297. The minimum atomic E-state index is -4.31. The average molecular weight is 302 g/mol. The van der Waals surface area contributed by atoms with E-state index in [-0.39, 0.29) is 11.8 Å². The molecule has 0 bridgehead atoms. The zero-order chi connectivity index (χ0) is 14.5. The van der Waals surface area contributed by atoms with Crippen molar-refractivity contribution in [3.05, 3.63) is 0 Å². The van der Waals surface area contributed by atoms with Crippen LogP contribution in [-0.4, -0.2) is 36.7 Å². The van der Waals surface area contributed by atoms with Crippen molar-refractivity contribution in [2.24, 2.45) is 5.92 Å². The summed E-state index contributed by atoms with van der Waals surface area (Å²) in [5, 5.41) is 2.01. The van der Waals surface area contributed by atoms with Crippen molar-refractivity contribution in [3.63, 3.8) is 0 Å². The van der Waals surface area contributed by atoms with Gasteiger partial charge < -0.3 is 10.1 Å². The Hall–Kier alpha value is -0.490. The van der Waals surface area contributed by atoms with Crippen LogP contribution in [0.5, 0.6) is 0 Å². The normalized spacial score (nSPS) is 25.9. The summed E-state index contributed by atoms with van der Waals surface area (Å²) in [6, 6.07) is 0. The molecule has 1 N–H and O–H groups in total. The minimum absolute atomic E-state index is 0.0736. The lowest BCUT2D eigenvalue weighted by molar-refractivity contribution is -0.193. The number of hydrogen-bond acceptors (Lipinski definition) is 2. The van der Waals surface area contributed by atoms with Crippen LogP contribution in [0.2, 0.25) is 0 Å². The lowest BCUT2D eigenvalue weighted by Crippen LogP contribution is -2.41. The van der Waals surface area contributed by atoms with Crippen LogP contribution in [0.4, 0.5) is 13.2 Å². The Morgan fingerprint density at radius 3 is 2.63 bits per heavy atom. The maximum absolute atomic E-state index is 12.1. The summed E-state index contributed by atoms with van der Waals surface area (Å²) in [4.78, 5) is 11.3. The molecular weight excluding hydrogens is 283 g/mol. The fourth-order valence-electron chi connectivity index (χ4n) is 2.20.